The Hall–Kier alpha value is -1.52. The van der Waals surface area contributed by atoms with Crippen molar-refractivity contribution in [3.05, 3.63) is 18.5 Å². The van der Waals surface area contributed by atoms with E-state index in [9.17, 15) is 4.79 Å². The van der Waals surface area contributed by atoms with Gasteiger partial charge in [-0.15, -0.1) is 24.0 Å². The summed E-state index contributed by atoms with van der Waals surface area (Å²) < 4.78 is 7.30. The van der Waals surface area contributed by atoms with Crippen molar-refractivity contribution in [2.75, 3.05) is 32.7 Å². The van der Waals surface area contributed by atoms with Crippen LogP contribution >= 0.6 is 24.0 Å². The number of rotatable bonds is 4. The van der Waals surface area contributed by atoms with Gasteiger partial charge in [-0.25, -0.2) is 4.79 Å². The largest absolute Gasteiger partial charge is 0.444 e. The van der Waals surface area contributed by atoms with Gasteiger partial charge in [0.25, 0.3) is 0 Å². The van der Waals surface area contributed by atoms with Crippen molar-refractivity contribution in [2.45, 2.75) is 39.8 Å². The smallest absolute Gasteiger partial charge is 0.410 e. The van der Waals surface area contributed by atoms with Gasteiger partial charge in [0.15, 0.2) is 5.96 Å². The van der Waals surface area contributed by atoms with Crippen molar-refractivity contribution in [3.8, 4) is 0 Å². The Kier molecular flexibility index (Phi) is 8.65. The predicted octanol–water partition coefficient (Wildman–Crippen LogP) is 2.00. The molecule has 1 aromatic heterocycles. The number of nitrogens with two attached hydrogens (primary N) is 1. The van der Waals surface area contributed by atoms with Crippen molar-refractivity contribution < 1.29 is 9.53 Å². The molecule has 0 bridgehead atoms. The number of halogens is 1. The van der Waals surface area contributed by atoms with E-state index < -0.39 is 5.60 Å². The Bertz CT molecular complexity index is 577. The number of carbonyl (C=O) groups is 1. The van der Waals surface area contributed by atoms with Crippen molar-refractivity contribution in [1.29, 1.82) is 0 Å². The fourth-order valence-corrected chi connectivity index (χ4v) is 2.58. The molecule has 0 radical (unpaired) electrons. The second-order valence-corrected chi connectivity index (χ2v) is 7.49. The molecule has 1 aliphatic heterocycles. The summed E-state index contributed by atoms with van der Waals surface area (Å²) in [5, 5.41) is 4.20. The average Bonchev–Trinajstić information content (AvgIpc) is 3.04. The van der Waals surface area contributed by atoms with E-state index in [1.54, 1.807) is 11.1 Å². The molecule has 2 N–H and O–H groups in total. The van der Waals surface area contributed by atoms with E-state index in [0.717, 1.165) is 6.54 Å². The van der Waals surface area contributed by atoms with E-state index >= 15 is 0 Å². The lowest BCUT2D eigenvalue weighted by Gasteiger charge is -2.36. The molecule has 1 atom stereocenters. The van der Waals surface area contributed by atoms with Crippen molar-refractivity contribution in [2.24, 2.45) is 16.6 Å². The van der Waals surface area contributed by atoms with Gasteiger partial charge in [-0.3, -0.25) is 9.67 Å². The number of amides is 1. The molecule has 0 aliphatic carbocycles. The van der Waals surface area contributed by atoms with Crippen LogP contribution in [0.25, 0.3) is 0 Å². The van der Waals surface area contributed by atoms with Gasteiger partial charge in [0.05, 0.1) is 0 Å². The van der Waals surface area contributed by atoms with Gasteiger partial charge in [0.2, 0.25) is 0 Å². The normalized spacial score (nSPS) is 16.8. The third-order valence-electron chi connectivity index (χ3n) is 3.88. The fraction of sp³-hybridized carbons (Fsp3) is 0.706. The summed E-state index contributed by atoms with van der Waals surface area (Å²) in [5.74, 6) is 0.887. The van der Waals surface area contributed by atoms with Gasteiger partial charge in [-0.05, 0) is 32.8 Å². The molecular weight excluding hydrogens is 447 g/mol. The van der Waals surface area contributed by atoms with Crippen molar-refractivity contribution >= 4 is 36.0 Å². The summed E-state index contributed by atoms with van der Waals surface area (Å²) in [6, 6.07) is 1.91. The summed E-state index contributed by atoms with van der Waals surface area (Å²) in [7, 11) is 0. The Balaban J connectivity index is 0.00000338. The number of aromatic nitrogens is 2. The molecule has 0 saturated carbocycles. The minimum absolute atomic E-state index is 0. The molecule has 1 unspecified atom stereocenters. The van der Waals surface area contributed by atoms with Crippen LogP contribution in [0.5, 0.6) is 0 Å². The Morgan fingerprint density at radius 1 is 1.27 bits per heavy atom. The first-order valence-corrected chi connectivity index (χ1v) is 8.75. The molecule has 1 aliphatic rings. The lowest BCUT2D eigenvalue weighted by atomic mass is 10.2. The quantitative estimate of drug-likeness (QED) is 0.407. The highest BCUT2D eigenvalue weighted by atomic mass is 127. The zero-order valence-electron chi connectivity index (χ0n) is 16.1. The third-order valence-corrected chi connectivity index (χ3v) is 3.88. The average molecular weight is 478 g/mol. The van der Waals surface area contributed by atoms with Crippen LogP contribution < -0.4 is 5.73 Å². The molecule has 1 fully saturated rings. The highest BCUT2D eigenvalue weighted by molar-refractivity contribution is 14.0. The van der Waals surface area contributed by atoms with E-state index in [1.807, 2.05) is 42.6 Å². The van der Waals surface area contributed by atoms with E-state index in [0.29, 0.717) is 44.6 Å². The van der Waals surface area contributed by atoms with E-state index in [1.165, 1.54) is 0 Å². The first kappa shape index (κ1) is 22.5. The monoisotopic (exact) mass is 478 g/mol. The maximum atomic E-state index is 12.1. The van der Waals surface area contributed by atoms with Gasteiger partial charge >= 0.3 is 6.09 Å². The van der Waals surface area contributed by atoms with Crippen LogP contribution in [0.3, 0.4) is 0 Å². The summed E-state index contributed by atoms with van der Waals surface area (Å²) in [5.41, 5.74) is 5.64. The Morgan fingerprint density at radius 2 is 1.88 bits per heavy atom. The second kappa shape index (κ2) is 9.98. The molecular formula is C17H31IN6O2. The van der Waals surface area contributed by atoms with Gasteiger partial charge < -0.3 is 20.3 Å². The van der Waals surface area contributed by atoms with Gasteiger partial charge in [0, 0.05) is 51.7 Å². The number of guanidine groups is 1. The number of aliphatic imine (C=N–C) groups is 1. The highest BCUT2D eigenvalue weighted by Gasteiger charge is 2.26. The zero-order valence-corrected chi connectivity index (χ0v) is 18.4. The lowest BCUT2D eigenvalue weighted by molar-refractivity contribution is 0.0186. The van der Waals surface area contributed by atoms with Gasteiger partial charge in [-0.1, -0.05) is 6.92 Å². The highest BCUT2D eigenvalue weighted by Crippen LogP contribution is 2.12. The minimum Gasteiger partial charge on any atom is -0.444 e. The molecule has 2 rings (SSSR count). The third kappa shape index (κ3) is 7.38. The molecule has 1 aromatic rings. The molecule has 26 heavy (non-hydrogen) atoms. The van der Waals surface area contributed by atoms with Crippen LogP contribution in [-0.2, 0) is 11.3 Å². The number of nitrogens with zero attached hydrogens (tertiary/aromatic N) is 5. The maximum absolute atomic E-state index is 12.1. The summed E-state index contributed by atoms with van der Waals surface area (Å²) in [6.07, 6.45) is 3.45. The van der Waals surface area contributed by atoms with Crippen LogP contribution in [0.4, 0.5) is 4.79 Å². The van der Waals surface area contributed by atoms with E-state index in [-0.39, 0.29) is 30.1 Å². The standard InChI is InChI=1S/C17H30N6O2.HI/c1-14(13-23-7-5-6-20-23)12-19-15(18)21-8-10-22(11-9-21)16(24)25-17(2,3)4;/h5-7,14H,8-13H2,1-4H3,(H2,18,19);1H. The van der Waals surface area contributed by atoms with Crippen LogP contribution in [0.15, 0.2) is 23.5 Å². The lowest BCUT2D eigenvalue weighted by Crippen LogP contribution is -2.53. The number of piperazine rings is 1. The molecule has 8 nitrogen and oxygen atoms in total. The SMILES string of the molecule is CC(CN=C(N)N1CCN(C(=O)OC(C)(C)C)CC1)Cn1cccn1.I. The van der Waals surface area contributed by atoms with Crippen molar-refractivity contribution in [1.82, 2.24) is 19.6 Å². The second-order valence-electron chi connectivity index (χ2n) is 7.49. The van der Waals surface area contributed by atoms with Crippen LogP contribution in [0, 0.1) is 5.92 Å². The first-order chi connectivity index (χ1) is 11.7. The molecule has 0 spiro atoms. The molecule has 0 aromatic carbocycles. The number of hydrogen-bond acceptors (Lipinski definition) is 4. The number of ether oxygens (including phenoxy) is 1. The molecule has 148 valence electrons. The number of carbonyl (C=O) groups excluding carboxylic acids is 1. The van der Waals surface area contributed by atoms with Crippen LogP contribution in [-0.4, -0.2) is 70.0 Å². The molecule has 2 heterocycles. The number of hydrogen-bond donors (Lipinski definition) is 1. The molecule has 1 saturated heterocycles. The fourth-order valence-electron chi connectivity index (χ4n) is 2.58. The predicted molar refractivity (Wildman–Crippen MR) is 113 cm³/mol. The summed E-state index contributed by atoms with van der Waals surface area (Å²) >= 11 is 0. The van der Waals surface area contributed by atoms with E-state index in [4.69, 9.17) is 10.5 Å². The topological polar surface area (TPSA) is 89.0 Å². The van der Waals surface area contributed by atoms with Gasteiger partial charge in [0.1, 0.15) is 5.60 Å². The minimum atomic E-state index is -0.473. The Morgan fingerprint density at radius 3 is 2.42 bits per heavy atom. The van der Waals surface area contributed by atoms with E-state index in [2.05, 4.69) is 17.0 Å². The Labute approximate surface area is 172 Å². The van der Waals surface area contributed by atoms with Gasteiger partial charge in [-0.2, -0.15) is 5.10 Å². The summed E-state index contributed by atoms with van der Waals surface area (Å²) in [6.45, 7) is 11.7. The zero-order chi connectivity index (χ0) is 18.4. The van der Waals surface area contributed by atoms with Crippen LogP contribution in [0.1, 0.15) is 27.7 Å². The summed E-state index contributed by atoms with van der Waals surface area (Å²) in [4.78, 5) is 20.3. The molecule has 1 amide bonds. The molecule has 9 heteroatoms. The maximum Gasteiger partial charge on any atom is 0.410 e. The van der Waals surface area contributed by atoms with Crippen molar-refractivity contribution in [3.63, 3.8) is 0 Å². The first-order valence-electron chi connectivity index (χ1n) is 8.75. The van der Waals surface area contributed by atoms with Crippen LogP contribution in [0.2, 0.25) is 0 Å².